The third-order valence-corrected chi connectivity index (χ3v) is 37.5. The van der Waals surface area contributed by atoms with E-state index < -0.39 is 31.7 Å². The van der Waals surface area contributed by atoms with E-state index in [9.17, 15) is 0 Å². The van der Waals surface area contributed by atoms with Crippen molar-refractivity contribution in [3.05, 3.63) is 559 Å². The number of fused-ring (bicyclic) bond motifs is 6. The molecule has 0 aliphatic carbocycles. The summed E-state index contributed by atoms with van der Waals surface area (Å²) >= 11 is 14.0. The van der Waals surface area contributed by atoms with Crippen molar-refractivity contribution in [2.24, 2.45) is 0 Å². The number of thiophene rings is 2. The molecule has 0 spiro atoms. The van der Waals surface area contributed by atoms with Crippen LogP contribution in [0.25, 0.3) is 73.7 Å². The minimum absolute atomic E-state index is 0. The topological polar surface area (TPSA) is 18.5 Å². The first-order valence-corrected chi connectivity index (χ1v) is 55.5. The summed E-state index contributed by atoms with van der Waals surface area (Å²) in [5, 5.41) is 22.1. The maximum absolute atomic E-state index is 6.26. The van der Waals surface area contributed by atoms with Gasteiger partial charge >= 0.3 is 7.12 Å². The van der Waals surface area contributed by atoms with E-state index in [0.717, 1.165) is 18.9 Å². The standard InChI is InChI=1S/C24H23BO2S.C24H15BrS.4C18H15P.C6H4Br2.CH4.Pd/c1-23(2)24(3,4)27-25(26-23)17-10-7-9-16(15-17)18-12-8-13-20-19-11-5-6-14-21(19)28-22(18)20;25-19-9-4-7-17(15-19)16-6-3-8-18(14-16)20-11-5-12-22-21-10-1-2-13-23(21)26-24(20)22;4*1-4-10-16(11-5-1)19(17-12-6-2-7-13-17)18-14-8-3-9-15-18;7-5-2-1-3-6(8)4-5;;/h5-15H,1-4H3;1-15H;4*1-15H;1-4H;1H4;. The average molecular weight is 2210 g/mol. The Morgan fingerprint density at radius 2 is 0.414 bits per heavy atom. The van der Waals surface area contributed by atoms with Crippen molar-refractivity contribution in [3.8, 4) is 33.4 Å². The first kappa shape index (κ1) is 103. The molecular formula is C127H106BBr3O2P4PdS2. The molecule has 0 N–H and O–H groups in total. The molecule has 23 rings (SSSR count). The zero-order chi connectivity index (χ0) is 94.7. The summed E-state index contributed by atoms with van der Waals surface area (Å²) in [6.07, 6.45) is 0. The first-order chi connectivity index (χ1) is 67.7. The molecular weight excluding hydrogens is 2100 g/mol. The van der Waals surface area contributed by atoms with Gasteiger partial charge in [-0.3, -0.25) is 0 Å². The van der Waals surface area contributed by atoms with E-state index in [1.165, 1.54) is 137 Å². The normalized spacial score (nSPS) is 12.0. The zero-order valence-corrected chi connectivity index (χ0v) is 88.9. The van der Waals surface area contributed by atoms with Crippen LogP contribution in [0.1, 0.15) is 35.1 Å². The van der Waals surface area contributed by atoms with Crippen molar-refractivity contribution in [1.82, 2.24) is 0 Å². The molecule has 22 aromatic rings. The summed E-state index contributed by atoms with van der Waals surface area (Å²) in [5.74, 6) is 0. The molecule has 1 fully saturated rings. The largest absolute Gasteiger partial charge is 0.494 e. The van der Waals surface area contributed by atoms with Crippen LogP contribution < -0.4 is 69.1 Å². The van der Waals surface area contributed by atoms with Gasteiger partial charge in [0, 0.05) is 74.2 Å². The van der Waals surface area contributed by atoms with E-state index in [1.807, 2.05) is 46.9 Å². The fraction of sp³-hybridized carbons (Fsp3) is 0.0551. The van der Waals surface area contributed by atoms with Crippen LogP contribution in [0.5, 0.6) is 0 Å². The van der Waals surface area contributed by atoms with Crippen LogP contribution >= 0.6 is 102 Å². The molecule has 1 aliphatic heterocycles. The van der Waals surface area contributed by atoms with Gasteiger partial charge in [-0.05, 0) is 210 Å². The molecule has 1 saturated heterocycles. The van der Waals surface area contributed by atoms with Gasteiger partial charge in [-0.2, -0.15) is 0 Å². The summed E-state index contributed by atoms with van der Waals surface area (Å²) < 4.78 is 21.2. The molecule has 0 amide bonds. The molecule has 13 heteroatoms. The second kappa shape index (κ2) is 51.4. The molecule has 0 atom stereocenters. The molecule has 0 bridgehead atoms. The van der Waals surface area contributed by atoms with Crippen molar-refractivity contribution in [3.63, 3.8) is 0 Å². The molecule has 140 heavy (non-hydrogen) atoms. The first-order valence-electron chi connectivity index (χ1n) is 46.1. The van der Waals surface area contributed by atoms with Gasteiger partial charge in [0.25, 0.3) is 0 Å². The Hall–Kier alpha value is -11.4. The summed E-state index contributed by atoms with van der Waals surface area (Å²) in [6.45, 7) is 8.37. The molecule has 2 nitrogen and oxygen atoms in total. The fourth-order valence-electron chi connectivity index (χ4n) is 16.5. The molecule has 0 saturated carbocycles. The summed E-state index contributed by atoms with van der Waals surface area (Å²) in [5.41, 5.74) is 7.89. The van der Waals surface area contributed by atoms with Gasteiger partial charge in [0.2, 0.25) is 0 Å². The average Bonchev–Trinajstić information content (AvgIpc) is 1.62. The Kier molecular flexibility index (Phi) is 37.8. The van der Waals surface area contributed by atoms with Gasteiger partial charge in [0.15, 0.2) is 0 Å². The van der Waals surface area contributed by atoms with Crippen molar-refractivity contribution in [2.75, 3.05) is 0 Å². The third-order valence-electron chi connectivity index (χ3n) is 23.8. The van der Waals surface area contributed by atoms with Crippen LogP contribution in [0, 0.1) is 0 Å². The fourth-order valence-corrected chi connectivity index (χ4v) is 29.7. The second-order valence-electron chi connectivity index (χ2n) is 33.7. The smallest absolute Gasteiger partial charge is 0.399 e. The minimum atomic E-state index is -0.446. The maximum atomic E-state index is 6.26. The molecule has 692 valence electrons. The van der Waals surface area contributed by atoms with Crippen molar-refractivity contribution < 1.29 is 29.7 Å². The maximum Gasteiger partial charge on any atom is 0.494 e. The molecule has 20 aromatic carbocycles. The Bertz CT molecular complexity index is 6690. The van der Waals surface area contributed by atoms with Crippen molar-refractivity contribution in [1.29, 1.82) is 0 Å². The van der Waals surface area contributed by atoms with Crippen LogP contribution in [0.2, 0.25) is 0 Å². The SMILES string of the molecule is Brc1cccc(-c2cccc(-c3cccc4c3sc3ccccc34)c2)c1.Brc1cccc(Br)c1.C.CC1(C)OB(c2cccc(-c3cccc4c3sc3ccccc34)c2)OC1(C)C.[Pd].c1ccc(P(c2ccccc2)c2ccccc2)cc1.c1ccc(P(c2ccccc2)c2ccccc2)cc1.c1ccc(P(c2ccccc2)c2ccccc2)cc1.c1ccc(P(c2ccccc2)c2ccccc2)cc1. The predicted octanol–water partition coefficient (Wildman–Crippen LogP) is 31.8. The van der Waals surface area contributed by atoms with E-state index >= 15 is 0 Å². The Labute approximate surface area is 878 Å². The van der Waals surface area contributed by atoms with Crippen LogP contribution in [0.15, 0.2) is 559 Å². The van der Waals surface area contributed by atoms with Gasteiger partial charge in [-0.25, -0.2) is 0 Å². The number of hydrogen-bond acceptors (Lipinski definition) is 4. The molecule has 2 aromatic heterocycles. The van der Waals surface area contributed by atoms with Gasteiger partial charge in [-0.1, -0.05) is 553 Å². The summed E-state index contributed by atoms with van der Waals surface area (Å²) in [4.78, 5) is 0. The Morgan fingerprint density at radius 3 is 0.679 bits per heavy atom. The molecule has 0 unspecified atom stereocenters. The van der Waals surface area contributed by atoms with Crippen LogP contribution in [-0.4, -0.2) is 18.3 Å². The predicted molar refractivity (Wildman–Crippen MR) is 628 cm³/mol. The van der Waals surface area contributed by atoms with E-state index in [0.29, 0.717) is 0 Å². The van der Waals surface area contributed by atoms with Gasteiger partial charge < -0.3 is 9.31 Å². The van der Waals surface area contributed by atoms with Gasteiger partial charge in [-0.15, -0.1) is 22.7 Å². The quantitative estimate of drug-likeness (QED) is 0.0709. The summed E-state index contributed by atoms with van der Waals surface area (Å²) in [6, 6.07) is 194. The second-order valence-corrected chi connectivity index (χ2v) is 47.4. The number of rotatable bonds is 16. The van der Waals surface area contributed by atoms with Crippen LogP contribution in [0.4, 0.5) is 0 Å². The Balaban J connectivity index is 0.000000125. The molecule has 0 radical (unpaired) electrons. The van der Waals surface area contributed by atoms with Crippen molar-refractivity contribution in [2.45, 2.75) is 46.3 Å². The van der Waals surface area contributed by atoms with E-state index in [-0.39, 0.29) is 46.2 Å². The zero-order valence-electron chi connectivity index (χ0n) is 77.4. The van der Waals surface area contributed by atoms with Crippen LogP contribution in [0.3, 0.4) is 0 Å². The van der Waals surface area contributed by atoms with Crippen molar-refractivity contribution >= 4 is 219 Å². The van der Waals surface area contributed by atoms with Gasteiger partial charge in [0.1, 0.15) is 0 Å². The number of hydrogen-bond donors (Lipinski definition) is 0. The Morgan fingerprint density at radius 1 is 0.207 bits per heavy atom. The number of halogens is 3. The van der Waals surface area contributed by atoms with Gasteiger partial charge in [0.05, 0.1) is 11.2 Å². The van der Waals surface area contributed by atoms with E-state index in [1.54, 1.807) is 0 Å². The summed E-state index contributed by atoms with van der Waals surface area (Å²) in [7, 11) is -2.13. The third kappa shape index (κ3) is 26.7. The van der Waals surface area contributed by atoms with E-state index in [2.05, 4.69) is 597 Å². The minimum Gasteiger partial charge on any atom is -0.399 e. The van der Waals surface area contributed by atoms with Crippen LogP contribution in [-0.2, 0) is 29.7 Å². The molecule has 3 heterocycles. The molecule has 1 aliphatic rings. The number of benzene rings is 20. The monoisotopic (exact) mass is 2200 g/mol. The van der Waals surface area contributed by atoms with E-state index in [4.69, 9.17) is 9.31 Å².